The van der Waals surface area contributed by atoms with Gasteiger partial charge in [0, 0.05) is 26.2 Å². The predicted molar refractivity (Wildman–Crippen MR) is 131 cm³/mol. The monoisotopic (exact) mass is 495 g/mol. The van der Waals surface area contributed by atoms with Gasteiger partial charge in [-0.25, -0.2) is 19.2 Å². The molecule has 9 nitrogen and oxygen atoms in total. The summed E-state index contributed by atoms with van der Waals surface area (Å²) in [5.41, 5.74) is 0.521. The number of thioether (sulfide) groups is 1. The van der Waals surface area contributed by atoms with Gasteiger partial charge >= 0.3 is 5.69 Å². The minimum Gasteiger partial charge on any atom is -0.497 e. The van der Waals surface area contributed by atoms with Crippen molar-refractivity contribution in [2.45, 2.75) is 11.6 Å². The third-order valence-electron chi connectivity index (χ3n) is 5.36. The van der Waals surface area contributed by atoms with Crippen molar-refractivity contribution in [3.05, 3.63) is 80.7 Å². The predicted octanol–water partition coefficient (Wildman–Crippen LogP) is 2.25. The van der Waals surface area contributed by atoms with Crippen molar-refractivity contribution >= 4 is 28.7 Å². The van der Waals surface area contributed by atoms with Crippen LogP contribution in [0.15, 0.2) is 63.1 Å². The van der Waals surface area contributed by atoms with Gasteiger partial charge in [-0.05, 0) is 42.0 Å². The van der Waals surface area contributed by atoms with E-state index < -0.39 is 11.2 Å². The quantitative estimate of drug-likeness (QED) is 0.309. The van der Waals surface area contributed by atoms with Crippen molar-refractivity contribution in [2.24, 2.45) is 14.1 Å². The molecule has 2 aromatic heterocycles. The van der Waals surface area contributed by atoms with Crippen molar-refractivity contribution in [3.8, 4) is 17.1 Å². The maximum absolute atomic E-state index is 13.1. The van der Waals surface area contributed by atoms with E-state index in [9.17, 15) is 18.8 Å². The van der Waals surface area contributed by atoms with Crippen LogP contribution >= 0.6 is 11.8 Å². The summed E-state index contributed by atoms with van der Waals surface area (Å²) in [6, 6.07) is 12.9. The van der Waals surface area contributed by atoms with Crippen LogP contribution < -0.4 is 21.3 Å². The highest BCUT2D eigenvalue weighted by Gasteiger charge is 2.19. The van der Waals surface area contributed by atoms with E-state index in [1.54, 1.807) is 43.5 Å². The zero-order valence-corrected chi connectivity index (χ0v) is 20.1. The molecular weight excluding hydrogens is 473 g/mol. The van der Waals surface area contributed by atoms with Gasteiger partial charge in [0.25, 0.3) is 5.56 Å². The van der Waals surface area contributed by atoms with Crippen LogP contribution in [0.3, 0.4) is 0 Å². The molecular formula is C24H22FN5O4S. The number of nitrogens with one attached hydrogen (secondary N) is 1. The minimum atomic E-state index is -0.543. The number of rotatable bonds is 7. The SMILES string of the molecule is COc1ccc(-c2nc(SCC(=O)NCc3ccc(F)cc3)c3c(=O)n(C)c(=O)n(C)c3n2)cc1. The molecule has 1 amide bonds. The number of hydrogen-bond acceptors (Lipinski definition) is 7. The van der Waals surface area contributed by atoms with E-state index in [1.807, 2.05) is 0 Å². The molecule has 0 aliphatic heterocycles. The molecule has 2 aromatic carbocycles. The van der Waals surface area contributed by atoms with Gasteiger partial charge < -0.3 is 10.1 Å². The van der Waals surface area contributed by atoms with Crippen molar-refractivity contribution < 1.29 is 13.9 Å². The Morgan fingerprint density at radius 1 is 1.03 bits per heavy atom. The van der Waals surface area contributed by atoms with Gasteiger partial charge in [0.15, 0.2) is 11.5 Å². The standard InChI is InChI=1S/C24H22FN5O4S/c1-29-21-19(23(32)30(2)24(29)33)22(28-20(27-21)15-6-10-17(34-3)11-7-15)35-13-18(31)26-12-14-4-8-16(25)9-5-14/h4-11H,12-13H2,1-3H3,(H,26,31). The normalized spacial score (nSPS) is 11.0. The number of aromatic nitrogens is 4. The first-order chi connectivity index (χ1) is 16.8. The number of carbonyl (C=O) groups is 1. The first kappa shape index (κ1) is 24.1. The highest BCUT2D eigenvalue weighted by Crippen LogP contribution is 2.27. The average Bonchev–Trinajstić information content (AvgIpc) is 2.88. The summed E-state index contributed by atoms with van der Waals surface area (Å²) in [5, 5.41) is 3.21. The van der Waals surface area contributed by atoms with Gasteiger partial charge in [-0.15, -0.1) is 0 Å². The summed E-state index contributed by atoms with van der Waals surface area (Å²) in [6.07, 6.45) is 0. The molecule has 0 radical (unpaired) electrons. The Kier molecular flexibility index (Phi) is 6.97. The number of hydrogen-bond donors (Lipinski definition) is 1. The lowest BCUT2D eigenvalue weighted by Gasteiger charge is -2.12. The van der Waals surface area contributed by atoms with E-state index >= 15 is 0 Å². The Balaban J connectivity index is 1.67. The third-order valence-corrected chi connectivity index (χ3v) is 6.33. The lowest BCUT2D eigenvalue weighted by molar-refractivity contribution is -0.118. The van der Waals surface area contributed by atoms with E-state index in [1.165, 1.54) is 30.8 Å². The molecule has 1 N–H and O–H groups in total. The highest BCUT2D eigenvalue weighted by atomic mass is 32.2. The fraction of sp³-hybridized carbons (Fsp3) is 0.208. The molecule has 0 fully saturated rings. The molecule has 11 heteroatoms. The van der Waals surface area contributed by atoms with Gasteiger partial charge in [0.05, 0.1) is 12.9 Å². The number of amides is 1. The third kappa shape index (κ3) is 5.09. The first-order valence-electron chi connectivity index (χ1n) is 10.5. The Bertz CT molecular complexity index is 1520. The topological polar surface area (TPSA) is 108 Å². The number of benzene rings is 2. The van der Waals surface area contributed by atoms with Crippen LogP contribution in [-0.2, 0) is 25.4 Å². The molecule has 0 atom stereocenters. The number of halogens is 1. The van der Waals surface area contributed by atoms with Gasteiger partial charge in [-0.3, -0.25) is 18.7 Å². The Labute approximate surface area is 203 Å². The van der Waals surface area contributed by atoms with E-state index in [4.69, 9.17) is 4.74 Å². The fourth-order valence-electron chi connectivity index (χ4n) is 3.39. The van der Waals surface area contributed by atoms with Crippen LogP contribution in [-0.4, -0.2) is 37.9 Å². The second-order valence-electron chi connectivity index (χ2n) is 7.68. The molecule has 2 heterocycles. The van der Waals surface area contributed by atoms with Gasteiger partial charge in [-0.2, -0.15) is 0 Å². The number of nitrogens with zero attached hydrogens (tertiary/aromatic N) is 4. The van der Waals surface area contributed by atoms with Crippen LogP contribution in [0, 0.1) is 5.82 Å². The van der Waals surface area contributed by atoms with Gasteiger partial charge in [0.1, 0.15) is 22.0 Å². The smallest absolute Gasteiger partial charge is 0.332 e. The van der Waals surface area contributed by atoms with Crippen LogP contribution in [0.2, 0.25) is 0 Å². The lowest BCUT2D eigenvalue weighted by Crippen LogP contribution is -2.37. The zero-order valence-electron chi connectivity index (χ0n) is 19.2. The molecule has 0 saturated heterocycles. The zero-order chi connectivity index (χ0) is 25.1. The maximum atomic E-state index is 13.1. The second-order valence-corrected chi connectivity index (χ2v) is 8.64. The summed E-state index contributed by atoms with van der Waals surface area (Å²) in [7, 11) is 4.47. The number of aryl methyl sites for hydroxylation is 1. The van der Waals surface area contributed by atoms with Gasteiger partial charge in [0.2, 0.25) is 5.91 Å². The van der Waals surface area contributed by atoms with E-state index in [0.717, 1.165) is 21.9 Å². The summed E-state index contributed by atoms with van der Waals surface area (Å²) in [6.45, 7) is 0.234. The molecule has 0 unspecified atom stereocenters. The van der Waals surface area contributed by atoms with Crippen LogP contribution in [0.1, 0.15) is 5.56 Å². The molecule has 4 aromatic rings. The summed E-state index contributed by atoms with van der Waals surface area (Å²) >= 11 is 1.07. The summed E-state index contributed by atoms with van der Waals surface area (Å²) in [4.78, 5) is 47.0. The molecule has 35 heavy (non-hydrogen) atoms. The number of methoxy groups -OCH3 is 1. The first-order valence-corrected chi connectivity index (χ1v) is 11.5. The molecule has 0 bridgehead atoms. The maximum Gasteiger partial charge on any atom is 0.332 e. The average molecular weight is 496 g/mol. The Hall–Kier alpha value is -3.99. The highest BCUT2D eigenvalue weighted by molar-refractivity contribution is 8.00. The molecule has 0 aliphatic carbocycles. The molecule has 0 saturated carbocycles. The Morgan fingerprint density at radius 2 is 1.71 bits per heavy atom. The molecule has 180 valence electrons. The molecule has 0 spiro atoms. The lowest BCUT2D eigenvalue weighted by atomic mass is 10.2. The largest absolute Gasteiger partial charge is 0.497 e. The molecule has 4 rings (SSSR count). The van der Waals surface area contributed by atoms with Crippen molar-refractivity contribution in [3.63, 3.8) is 0 Å². The number of fused-ring (bicyclic) bond motifs is 1. The van der Waals surface area contributed by atoms with Crippen molar-refractivity contribution in [1.82, 2.24) is 24.4 Å². The minimum absolute atomic E-state index is 0.0264. The van der Waals surface area contributed by atoms with Crippen molar-refractivity contribution in [1.29, 1.82) is 0 Å². The number of ether oxygens (including phenoxy) is 1. The van der Waals surface area contributed by atoms with Gasteiger partial charge in [-0.1, -0.05) is 23.9 Å². The Morgan fingerprint density at radius 3 is 2.37 bits per heavy atom. The van der Waals surface area contributed by atoms with E-state index in [2.05, 4.69) is 15.3 Å². The summed E-state index contributed by atoms with van der Waals surface area (Å²) in [5.74, 6) is 0.288. The van der Waals surface area contributed by atoms with Crippen LogP contribution in [0.5, 0.6) is 5.75 Å². The number of carbonyl (C=O) groups excluding carboxylic acids is 1. The second kappa shape index (κ2) is 10.1. The molecule has 0 aliphatic rings. The van der Waals surface area contributed by atoms with Crippen LogP contribution in [0.4, 0.5) is 4.39 Å². The van der Waals surface area contributed by atoms with E-state index in [0.29, 0.717) is 17.1 Å². The van der Waals surface area contributed by atoms with Crippen molar-refractivity contribution in [2.75, 3.05) is 12.9 Å². The summed E-state index contributed by atoms with van der Waals surface area (Å²) < 4.78 is 20.5. The van der Waals surface area contributed by atoms with Crippen LogP contribution in [0.25, 0.3) is 22.4 Å². The fourth-order valence-corrected chi connectivity index (χ4v) is 4.23. The van der Waals surface area contributed by atoms with E-state index in [-0.39, 0.29) is 40.1 Å².